The number of halogens is 1. The van der Waals surface area contributed by atoms with E-state index in [1.807, 2.05) is 20.8 Å². The van der Waals surface area contributed by atoms with Gasteiger partial charge in [0, 0.05) is 30.6 Å². The molecule has 8 heteroatoms. The molecule has 2 aromatic carbocycles. The SMILES string of the molecule is CC(C(=O)NC(C)(C)C)N(Cc1ccccc1F)C(=O)CCCN1C(=O)c2ccccc2C1=O. The minimum atomic E-state index is -0.842. The fourth-order valence-electron chi connectivity index (χ4n) is 3.84. The molecule has 7 nitrogen and oxygen atoms in total. The number of amides is 4. The van der Waals surface area contributed by atoms with Gasteiger partial charge in [0.2, 0.25) is 11.8 Å². The summed E-state index contributed by atoms with van der Waals surface area (Å²) in [6, 6.07) is 11.9. The summed E-state index contributed by atoms with van der Waals surface area (Å²) >= 11 is 0. The van der Waals surface area contributed by atoms with Crippen molar-refractivity contribution in [1.82, 2.24) is 15.1 Å². The average molecular weight is 468 g/mol. The van der Waals surface area contributed by atoms with Crippen LogP contribution in [0.5, 0.6) is 0 Å². The third-order valence-corrected chi connectivity index (χ3v) is 5.61. The molecular formula is C26H30FN3O4. The highest BCUT2D eigenvalue weighted by Crippen LogP contribution is 2.23. The van der Waals surface area contributed by atoms with Crippen LogP contribution in [-0.2, 0) is 16.1 Å². The first kappa shape index (κ1) is 25.1. The third-order valence-electron chi connectivity index (χ3n) is 5.61. The molecule has 3 rings (SSSR count). The molecule has 0 saturated heterocycles. The number of imide groups is 1. The van der Waals surface area contributed by atoms with Crippen molar-refractivity contribution < 1.29 is 23.6 Å². The molecular weight excluding hydrogens is 437 g/mol. The van der Waals surface area contributed by atoms with Gasteiger partial charge >= 0.3 is 0 Å². The predicted octanol–water partition coefficient (Wildman–Crippen LogP) is 3.53. The van der Waals surface area contributed by atoms with Crippen molar-refractivity contribution in [2.45, 2.75) is 58.7 Å². The molecule has 0 bridgehead atoms. The van der Waals surface area contributed by atoms with Gasteiger partial charge in [-0.05, 0) is 52.3 Å². The van der Waals surface area contributed by atoms with Gasteiger partial charge in [-0.15, -0.1) is 0 Å². The zero-order chi connectivity index (χ0) is 25.0. The van der Waals surface area contributed by atoms with Crippen LogP contribution in [0.4, 0.5) is 4.39 Å². The maximum absolute atomic E-state index is 14.3. The Morgan fingerprint density at radius 2 is 1.56 bits per heavy atom. The van der Waals surface area contributed by atoms with Crippen LogP contribution in [0.15, 0.2) is 48.5 Å². The second-order valence-electron chi connectivity index (χ2n) is 9.44. The van der Waals surface area contributed by atoms with Crippen molar-refractivity contribution in [2.75, 3.05) is 6.54 Å². The van der Waals surface area contributed by atoms with E-state index in [9.17, 15) is 23.6 Å². The smallest absolute Gasteiger partial charge is 0.261 e. The molecule has 2 aromatic rings. The Bertz CT molecular complexity index is 1070. The van der Waals surface area contributed by atoms with Gasteiger partial charge in [0.25, 0.3) is 11.8 Å². The standard InChI is InChI=1S/C26H30FN3O4/c1-17(23(32)28-26(2,3)4)30(16-18-10-5-8-13-21(18)27)22(31)14-9-15-29-24(33)19-11-6-7-12-20(19)25(29)34/h5-8,10-13,17H,9,14-16H2,1-4H3,(H,28,32). The highest BCUT2D eigenvalue weighted by atomic mass is 19.1. The fraction of sp³-hybridized carbons (Fsp3) is 0.385. The van der Waals surface area contributed by atoms with E-state index in [4.69, 9.17) is 0 Å². The molecule has 0 spiro atoms. The fourth-order valence-corrected chi connectivity index (χ4v) is 3.84. The Morgan fingerprint density at radius 1 is 1.00 bits per heavy atom. The van der Waals surface area contributed by atoms with Crippen molar-refractivity contribution in [2.24, 2.45) is 0 Å². The van der Waals surface area contributed by atoms with Crippen LogP contribution in [0.1, 0.15) is 66.8 Å². The molecule has 1 atom stereocenters. The van der Waals surface area contributed by atoms with E-state index in [0.29, 0.717) is 16.7 Å². The molecule has 180 valence electrons. The summed E-state index contributed by atoms with van der Waals surface area (Å²) in [7, 11) is 0. The number of carbonyl (C=O) groups excluding carboxylic acids is 4. The summed E-state index contributed by atoms with van der Waals surface area (Å²) in [5, 5.41) is 2.85. The number of carbonyl (C=O) groups is 4. The lowest BCUT2D eigenvalue weighted by Gasteiger charge is -2.31. The minimum absolute atomic E-state index is 0.00496. The minimum Gasteiger partial charge on any atom is -0.350 e. The first-order chi connectivity index (χ1) is 16.0. The summed E-state index contributed by atoms with van der Waals surface area (Å²) in [5.74, 6) is -1.94. The molecule has 1 N–H and O–H groups in total. The van der Waals surface area contributed by atoms with Gasteiger partial charge in [-0.1, -0.05) is 30.3 Å². The Kier molecular flexibility index (Phi) is 7.49. The molecule has 1 unspecified atom stereocenters. The largest absolute Gasteiger partial charge is 0.350 e. The zero-order valence-electron chi connectivity index (χ0n) is 19.9. The van der Waals surface area contributed by atoms with Crippen LogP contribution >= 0.6 is 0 Å². The van der Waals surface area contributed by atoms with Crippen LogP contribution in [0, 0.1) is 5.82 Å². The number of benzene rings is 2. The quantitative estimate of drug-likeness (QED) is 0.602. The Morgan fingerprint density at radius 3 is 2.12 bits per heavy atom. The van der Waals surface area contributed by atoms with Crippen molar-refractivity contribution in [3.05, 3.63) is 71.0 Å². The molecule has 0 saturated carbocycles. The van der Waals surface area contributed by atoms with E-state index in [-0.39, 0.29) is 49.6 Å². The molecule has 0 aliphatic carbocycles. The van der Waals surface area contributed by atoms with Crippen LogP contribution in [0.2, 0.25) is 0 Å². The van der Waals surface area contributed by atoms with Crippen molar-refractivity contribution in [3.63, 3.8) is 0 Å². The van der Waals surface area contributed by atoms with Gasteiger partial charge in [0.05, 0.1) is 11.1 Å². The van der Waals surface area contributed by atoms with Gasteiger partial charge < -0.3 is 10.2 Å². The lowest BCUT2D eigenvalue weighted by molar-refractivity contribution is -0.141. The lowest BCUT2D eigenvalue weighted by atomic mass is 10.1. The topological polar surface area (TPSA) is 86.8 Å². The summed E-state index contributed by atoms with van der Waals surface area (Å²) in [4.78, 5) is 53.5. The number of hydrogen-bond acceptors (Lipinski definition) is 4. The van der Waals surface area contributed by atoms with Gasteiger partial charge in [0.15, 0.2) is 0 Å². The number of fused-ring (bicyclic) bond motifs is 1. The van der Waals surface area contributed by atoms with Gasteiger partial charge in [-0.3, -0.25) is 24.1 Å². The molecule has 0 fully saturated rings. The highest BCUT2D eigenvalue weighted by molar-refractivity contribution is 6.21. The average Bonchev–Trinajstić information content (AvgIpc) is 3.02. The van der Waals surface area contributed by atoms with Crippen LogP contribution in [-0.4, -0.2) is 51.6 Å². The first-order valence-corrected chi connectivity index (χ1v) is 11.3. The molecule has 4 amide bonds. The molecule has 0 radical (unpaired) electrons. The van der Waals surface area contributed by atoms with E-state index in [0.717, 1.165) is 4.90 Å². The molecule has 1 aliphatic rings. The lowest BCUT2D eigenvalue weighted by Crippen LogP contribution is -2.52. The normalized spacial score (nSPS) is 14.1. The van der Waals surface area contributed by atoms with Crippen LogP contribution in [0.3, 0.4) is 0 Å². The van der Waals surface area contributed by atoms with Crippen molar-refractivity contribution >= 4 is 23.6 Å². The van der Waals surface area contributed by atoms with Crippen molar-refractivity contribution in [3.8, 4) is 0 Å². The number of nitrogens with zero attached hydrogens (tertiary/aromatic N) is 2. The number of nitrogens with one attached hydrogen (secondary N) is 1. The van der Waals surface area contributed by atoms with Crippen LogP contribution < -0.4 is 5.32 Å². The maximum atomic E-state index is 14.3. The summed E-state index contributed by atoms with van der Waals surface area (Å²) in [5.41, 5.74) is 0.510. The molecule has 34 heavy (non-hydrogen) atoms. The summed E-state index contributed by atoms with van der Waals surface area (Å²) in [6.45, 7) is 7.11. The Hall–Kier alpha value is -3.55. The summed E-state index contributed by atoms with van der Waals surface area (Å²) in [6.07, 6.45) is 0.223. The first-order valence-electron chi connectivity index (χ1n) is 11.3. The number of rotatable bonds is 8. The van der Waals surface area contributed by atoms with E-state index in [1.54, 1.807) is 49.4 Å². The Labute approximate surface area is 198 Å². The predicted molar refractivity (Wildman–Crippen MR) is 125 cm³/mol. The van der Waals surface area contributed by atoms with Crippen molar-refractivity contribution in [1.29, 1.82) is 0 Å². The van der Waals surface area contributed by atoms with E-state index >= 15 is 0 Å². The molecule has 1 heterocycles. The van der Waals surface area contributed by atoms with Crippen LogP contribution in [0.25, 0.3) is 0 Å². The Balaban J connectivity index is 1.70. The van der Waals surface area contributed by atoms with Gasteiger partial charge in [0.1, 0.15) is 11.9 Å². The molecule has 1 aliphatic heterocycles. The zero-order valence-corrected chi connectivity index (χ0v) is 19.9. The van der Waals surface area contributed by atoms with Gasteiger partial charge in [-0.2, -0.15) is 0 Å². The number of hydrogen-bond donors (Lipinski definition) is 1. The van der Waals surface area contributed by atoms with E-state index in [1.165, 1.54) is 11.0 Å². The summed E-state index contributed by atoms with van der Waals surface area (Å²) < 4.78 is 14.3. The van der Waals surface area contributed by atoms with E-state index < -0.39 is 17.4 Å². The van der Waals surface area contributed by atoms with E-state index in [2.05, 4.69) is 5.32 Å². The third kappa shape index (κ3) is 5.68. The monoisotopic (exact) mass is 467 g/mol. The second-order valence-corrected chi connectivity index (χ2v) is 9.44. The maximum Gasteiger partial charge on any atom is 0.261 e. The molecule has 0 aromatic heterocycles. The highest BCUT2D eigenvalue weighted by Gasteiger charge is 2.35. The second kappa shape index (κ2) is 10.2. The van der Waals surface area contributed by atoms with Gasteiger partial charge in [-0.25, -0.2) is 4.39 Å².